The Labute approximate surface area is 86.4 Å². The number of carbonyl (C=O) groups is 1. The number of amides is 1. The third-order valence-electron chi connectivity index (χ3n) is 3.30. The maximum absolute atomic E-state index is 10.6. The Bertz CT molecular complexity index is 184. The van der Waals surface area contributed by atoms with Gasteiger partial charge in [-0.2, -0.15) is 0 Å². The topological polar surface area (TPSA) is 55.1 Å². The van der Waals surface area contributed by atoms with Gasteiger partial charge in [0.25, 0.3) is 0 Å². The van der Waals surface area contributed by atoms with Crippen LogP contribution in [-0.2, 0) is 4.79 Å². The first-order chi connectivity index (χ1) is 6.61. The van der Waals surface area contributed by atoms with Crippen LogP contribution in [0.15, 0.2) is 0 Å². The predicted molar refractivity (Wildman–Crippen MR) is 57.8 cm³/mol. The van der Waals surface area contributed by atoms with Crippen molar-refractivity contribution in [2.45, 2.75) is 45.6 Å². The molecule has 0 bridgehead atoms. The molecule has 14 heavy (non-hydrogen) atoms. The molecule has 0 aliphatic heterocycles. The maximum atomic E-state index is 10.6. The number of rotatable bonds is 4. The lowest BCUT2D eigenvalue weighted by Crippen LogP contribution is -2.43. The van der Waals surface area contributed by atoms with Gasteiger partial charge < -0.3 is 11.1 Å². The van der Waals surface area contributed by atoms with Crippen LogP contribution in [0.5, 0.6) is 0 Å². The van der Waals surface area contributed by atoms with Gasteiger partial charge in [-0.1, -0.05) is 20.3 Å². The van der Waals surface area contributed by atoms with Gasteiger partial charge in [0.15, 0.2) is 0 Å². The maximum Gasteiger partial charge on any atom is 0.218 e. The average Bonchev–Trinajstić information content (AvgIpc) is 2.09. The minimum absolute atomic E-state index is 0.214. The van der Waals surface area contributed by atoms with E-state index < -0.39 is 0 Å². The molecule has 0 aromatic rings. The van der Waals surface area contributed by atoms with E-state index in [1.54, 1.807) is 0 Å². The SMILES string of the molecule is CC1CCCC(C)C1NCCC(N)=O. The van der Waals surface area contributed by atoms with Crippen LogP contribution >= 0.6 is 0 Å². The van der Waals surface area contributed by atoms with E-state index in [1.165, 1.54) is 19.3 Å². The van der Waals surface area contributed by atoms with E-state index in [-0.39, 0.29) is 5.91 Å². The van der Waals surface area contributed by atoms with Crippen LogP contribution in [0.1, 0.15) is 39.5 Å². The molecule has 0 aromatic heterocycles. The van der Waals surface area contributed by atoms with Gasteiger partial charge >= 0.3 is 0 Å². The van der Waals surface area contributed by atoms with Gasteiger partial charge in [-0.25, -0.2) is 0 Å². The Balaban J connectivity index is 2.29. The molecule has 0 heterocycles. The van der Waals surface area contributed by atoms with E-state index in [0.29, 0.717) is 12.5 Å². The van der Waals surface area contributed by atoms with Crippen LogP contribution in [-0.4, -0.2) is 18.5 Å². The largest absolute Gasteiger partial charge is 0.370 e. The van der Waals surface area contributed by atoms with Crippen molar-refractivity contribution in [3.05, 3.63) is 0 Å². The van der Waals surface area contributed by atoms with Gasteiger partial charge in [-0.3, -0.25) is 4.79 Å². The van der Waals surface area contributed by atoms with Crippen molar-refractivity contribution in [3.8, 4) is 0 Å². The third kappa shape index (κ3) is 3.29. The number of carbonyl (C=O) groups excluding carboxylic acids is 1. The van der Waals surface area contributed by atoms with E-state index >= 15 is 0 Å². The van der Waals surface area contributed by atoms with Crippen molar-refractivity contribution in [1.82, 2.24) is 5.32 Å². The number of primary amides is 1. The lowest BCUT2D eigenvalue weighted by Gasteiger charge is -2.35. The molecule has 0 aromatic carbocycles. The minimum Gasteiger partial charge on any atom is -0.370 e. The van der Waals surface area contributed by atoms with Gasteiger partial charge in [0.05, 0.1) is 0 Å². The smallest absolute Gasteiger partial charge is 0.218 e. The Kier molecular flexibility index (Phi) is 4.39. The van der Waals surface area contributed by atoms with E-state index in [1.807, 2.05) is 0 Å². The van der Waals surface area contributed by atoms with Crippen molar-refractivity contribution < 1.29 is 4.79 Å². The van der Waals surface area contributed by atoms with E-state index in [4.69, 9.17) is 5.73 Å². The zero-order valence-electron chi connectivity index (χ0n) is 9.25. The molecule has 1 aliphatic carbocycles. The van der Waals surface area contributed by atoms with Crippen molar-refractivity contribution in [3.63, 3.8) is 0 Å². The van der Waals surface area contributed by atoms with Crippen molar-refractivity contribution in [2.75, 3.05) is 6.54 Å². The average molecular weight is 198 g/mol. The molecule has 3 heteroatoms. The Morgan fingerprint density at radius 1 is 1.36 bits per heavy atom. The molecule has 0 radical (unpaired) electrons. The standard InChI is InChI=1S/C11H22N2O/c1-8-4-3-5-9(2)11(8)13-7-6-10(12)14/h8-9,11,13H,3-7H2,1-2H3,(H2,12,14). The predicted octanol–water partition coefficient (Wildman–Crippen LogP) is 1.28. The lowest BCUT2D eigenvalue weighted by molar-refractivity contribution is -0.118. The first-order valence-corrected chi connectivity index (χ1v) is 5.63. The van der Waals surface area contributed by atoms with Crippen molar-refractivity contribution >= 4 is 5.91 Å². The lowest BCUT2D eigenvalue weighted by atomic mass is 9.79. The fourth-order valence-electron chi connectivity index (χ4n) is 2.45. The second-order valence-corrected chi connectivity index (χ2v) is 4.58. The van der Waals surface area contributed by atoms with E-state index in [2.05, 4.69) is 19.2 Å². The molecule has 1 fully saturated rings. The molecular formula is C11H22N2O. The molecule has 0 spiro atoms. The van der Waals surface area contributed by atoms with Crippen LogP contribution < -0.4 is 11.1 Å². The highest BCUT2D eigenvalue weighted by Crippen LogP contribution is 2.28. The third-order valence-corrected chi connectivity index (χ3v) is 3.30. The summed E-state index contributed by atoms with van der Waals surface area (Å²) in [5.41, 5.74) is 5.10. The van der Waals surface area contributed by atoms with Crippen LogP contribution in [0.3, 0.4) is 0 Å². The summed E-state index contributed by atoms with van der Waals surface area (Å²) < 4.78 is 0. The highest BCUT2D eigenvalue weighted by atomic mass is 16.1. The second-order valence-electron chi connectivity index (χ2n) is 4.58. The second kappa shape index (κ2) is 5.35. The first kappa shape index (κ1) is 11.5. The number of hydrogen-bond acceptors (Lipinski definition) is 2. The minimum atomic E-state index is -0.214. The normalized spacial score (nSPS) is 32.9. The molecule has 2 atom stereocenters. The van der Waals surface area contributed by atoms with Crippen LogP contribution in [0.4, 0.5) is 0 Å². The molecule has 1 amide bonds. The zero-order valence-corrected chi connectivity index (χ0v) is 9.25. The highest BCUT2D eigenvalue weighted by molar-refractivity contribution is 5.73. The number of nitrogens with one attached hydrogen (secondary N) is 1. The summed E-state index contributed by atoms with van der Waals surface area (Å²) >= 11 is 0. The summed E-state index contributed by atoms with van der Waals surface area (Å²) in [5.74, 6) is 1.24. The fourth-order valence-corrected chi connectivity index (χ4v) is 2.45. The molecule has 0 saturated heterocycles. The van der Waals surface area contributed by atoms with Crippen LogP contribution in [0, 0.1) is 11.8 Å². The van der Waals surface area contributed by atoms with E-state index in [0.717, 1.165) is 18.4 Å². The Morgan fingerprint density at radius 3 is 2.43 bits per heavy atom. The van der Waals surface area contributed by atoms with Gasteiger partial charge in [0, 0.05) is 19.0 Å². The summed E-state index contributed by atoms with van der Waals surface area (Å²) in [6.07, 6.45) is 4.41. The number of nitrogens with two attached hydrogens (primary N) is 1. The molecule has 1 rings (SSSR count). The monoisotopic (exact) mass is 198 g/mol. The molecule has 1 saturated carbocycles. The quantitative estimate of drug-likeness (QED) is 0.715. The molecule has 3 nitrogen and oxygen atoms in total. The zero-order chi connectivity index (χ0) is 10.6. The van der Waals surface area contributed by atoms with Crippen molar-refractivity contribution in [2.24, 2.45) is 17.6 Å². The van der Waals surface area contributed by atoms with Crippen molar-refractivity contribution in [1.29, 1.82) is 0 Å². The Morgan fingerprint density at radius 2 is 1.93 bits per heavy atom. The molecular weight excluding hydrogens is 176 g/mol. The molecule has 82 valence electrons. The van der Waals surface area contributed by atoms with Gasteiger partial charge in [0.2, 0.25) is 5.91 Å². The Hall–Kier alpha value is -0.570. The molecule has 3 N–H and O–H groups in total. The van der Waals surface area contributed by atoms with Crippen LogP contribution in [0.2, 0.25) is 0 Å². The number of hydrogen-bond donors (Lipinski definition) is 2. The summed E-state index contributed by atoms with van der Waals surface area (Å²) in [6, 6.07) is 0.572. The van der Waals surface area contributed by atoms with Gasteiger partial charge in [-0.05, 0) is 24.7 Å². The van der Waals surface area contributed by atoms with Gasteiger partial charge in [-0.15, -0.1) is 0 Å². The highest BCUT2D eigenvalue weighted by Gasteiger charge is 2.26. The molecule has 2 unspecified atom stereocenters. The van der Waals surface area contributed by atoms with Gasteiger partial charge in [0.1, 0.15) is 0 Å². The summed E-state index contributed by atoms with van der Waals surface area (Å²) in [6.45, 7) is 5.31. The van der Waals surface area contributed by atoms with E-state index in [9.17, 15) is 4.79 Å². The summed E-state index contributed by atoms with van der Waals surface area (Å²) in [7, 11) is 0. The summed E-state index contributed by atoms with van der Waals surface area (Å²) in [4.78, 5) is 10.6. The molecule has 1 aliphatic rings. The van der Waals surface area contributed by atoms with Crippen LogP contribution in [0.25, 0.3) is 0 Å². The summed E-state index contributed by atoms with van der Waals surface area (Å²) in [5, 5.41) is 3.45. The fraction of sp³-hybridized carbons (Fsp3) is 0.909. The first-order valence-electron chi connectivity index (χ1n) is 5.63.